The first-order valence-corrected chi connectivity index (χ1v) is 11.8. The summed E-state index contributed by atoms with van der Waals surface area (Å²) in [6.07, 6.45) is 3.57. The number of nitrogens with one attached hydrogen (secondary N) is 2. The largest absolute Gasteiger partial charge is 0.497 e. The van der Waals surface area contributed by atoms with Crippen molar-refractivity contribution in [3.63, 3.8) is 0 Å². The van der Waals surface area contributed by atoms with Crippen molar-refractivity contribution in [2.45, 2.75) is 46.8 Å². The molecular weight excluding hydrogens is 452 g/mol. The van der Waals surface area contributed by atoms with E-state index in [0.717, 1.165) is 33.8 Å². The molecule has 0 bridgehead atoms. The second-order valence-electron chi connectivity index (χ2n) is 9.49. The maximum absolute atomic E-state index is 6.15. The van der Waals surface area contributed by atoms with Crippen LogP contribution in [-0.2, 0) is 6.54 Å². The van der Waals surface area contributed by atoms with Crippen molar-refractivity contribution in [1.29, 1.82) is 0 Å². The van der Waals surface area contributed by atoms with Gasteiger partial charge in [-0.2, -0.15) is 4.98 Å². The van der Waals surface area contributed by atoms with Crippen LogP contribution in [0, 0.1) is 13.8 Å². The molecule has 0 unspecified atom stereocenters. The predicted octanol–water partition coefficient (Wildman–Crippen LogP) is 6.09. The Balaban J connectivity index is 1.65. The molecule has 8 heteroatoms. The summed E-state index contributed by atoms with van der Waals surface area (Å²) in [6.45, 7) is 10.5. The Kier molecular flexibility index (Phi) is 7.33. The molecular formula is C28H32N6O2. The molecule has 186 valence electrons. The third kappa shape index (κ3) is 6.69. The van der Waals surface area contributed by atoms with Crippen molar-refractivity contribution >= 4 is 17.5 Å². The lowest BCUT2D eigenvalue weighted by atomic mass is 10.0. The minimum atomic E-state index is -0.385. The Bertz CT molecular complexity index is 1330. The van der Waals surface area contributed by atoms with E-state index in [1.54, 1.807) is 13.3 Å². The highest BCUT2D eigenvalue weighted by Crippen LogP contribution is 2.31. The molecule has 8 nitrogen and oxygen atoms in total. The Labute approximate surface area is 212 Å². The molecule has 0 aliphatic heterocycles. The fourth-order valence-electron chi connectivity index (χ4n) is 3.61. The van der Waals surface area contributed by atoms with Crippen LogP contribution in [0.2, 0.25) is 0 Å². The molecule has 4 aromatic rings. The van der Waals surface area contributed by atoms with Crippen molar-refractivity contribution in [3.05, 3.63) is 77.9 Å². The third-order valence-corrected chi connectivity index (χ3v) is 5.29. The molecule has 0 spiro atoms. The van der Waals surface area contributed by atoms with Gasteiger partial charge in [-0.1, -0.05) is 12.1 Å². The van der Waals surface area contributed by atoms with Gasteiger partial charge < -0.3 is 20.1 Å². The van der Waals surface area contributed by atoms with Crippen molar-refractivity contribution in [2.24, 2.45) is 0 Å². The number of methoxy groups -OCH3 is 1. The van der Waals surface area contributed by atoms with Gasteiger partial charge in [0.15, 0.2) is 0 Å². The lowest BCUT2D eigenvalue weighted by Crippen LogP contribution is -2.23. The smallest absolute Gasteiger partial charge is 0.216 e. The molecule has 4 rings (SSSR count). The lowest BCUT2D eigenvalue weighted by molar-refractivity contribution is 0.124. The summed E-state index contributed by atoms with van der Waals surface area (Å²) < 4.78 is 11.4. The summed E-state index contributed by atoms with van der Waals surface area (Å²) in [7, 11) is 1.66. The molecule has 0 aliphatic rings. The van der Waals surface area contributed by atoms with Gasteiger partial charge in [-0.05, 0) is 87.2 Å². The molecule has 0 radical (unpaired) electrons. The van der Waals surface area contributed by atoms with E-state index in [2.05, 4.69) is 25.6 Å². The molecule has 2 N–H and O–H groups in total. The standard InChI is InChI=1S/C28H32N6O2/c1-18-16-30-26(33-24-11-12-29-19(2)32-24)15-23(18)21-13-25(34-27(14-21)36-28(3,4)5)31-17-20-7-9-22(35-6)10-8-20/h7-16H,17H2,1-6H3,(H,31,34)(H,29,30,32,33). The van der Waals surface area contributed by atoms with Gasteiger partial charge in [-0.25, -0.2) is 15.0 Å². The van der Waals surface area contributed by atoms with Crippen LogP contribution in [-0.4, -0.2) is 32.6 Å². The van der Waals surface area contributed by atoms with Crippen molar-refractivity contribution < 1.29 is 9.47 Å². The van der Waals surface area contributed by atoms with E-state index in [-0.39, 0.29) is 5.60 Å². The first-order chi connectivity index (χ1) is 17.2. The first-order valence-electron chi connectivity index (χ1n) is 11.8. The average Bonchev–Trinajstić information content (AvgIpc) is 2.83. The monoisotopic (exact) mass is 484 g/mol. The number of benzene rings is 1. The highest BCUT2D eigenvalue weighted by molar-refractivity contribution is 5.73. The molecule has 0 fully saturated rings. The summed E-state index contributed by atoms with van der Waals surface area (Å²) in [6, 6.07) is 15.8. The normalized spacial score (nSPS) is 11.2. The van der Waals surface area contributed by atoms with Crippen LogP contribution in [0.3, 0.4) is 0 Å². The van der Waals surface area contributed by atoms with Gasteiger partial charge in [-0.15, -0.1) is 0 Å². The van der Waals surface area contributed by atoms with E-state index in [0.29, 0.717) is 29.9 Å². The van der Waals surface area contributed by atoms with Crippen molar-refractivity contribution in [1.82, 2.24) is 19.9 Å². The fourth-order valence-corrected chi connectivity index (χ4v) is 3.61. The zero-order chi connectivity index (χ0) is 25.7. The van der Waals surface area contributed by atoms with E-state index >= 15 is 0 Å². The predicted molar refractivity (Wildman–Crippen MR) is 143 cm³/mol. The van der Waals surface area contributed by atoms with Crippen LogP contribution in [0.25, 0.3) is 11.1 Å². The molecule has 0 amide bonds. The van der Waals surface area contributed by atoms with Gasteiger partial charge >= 0.3 is 0 Å². The second kappa shape index (κ2) is 10.6. The molecule has 36 heavy (non-hydrogen) atoms. The number of rotatable bonds is 8. The Morgan fingerprint density at radius 3 is 2.33 bits per heavy atom. The number of hydrogen-bond donors (Lipinski definition) is 2. The van der Waals surface area contributed by atoms with Crippen LogP contribution in [0.5, 0.6) is 11.6 Å². The summed E-state index contributed by atoms with van der Waals surface area (Å²) in [5, 5.41) is 6.71. The van der Waals surface area contributed by atoms with Crippen molar-refractivity contribution in [2.75, 3.05) is 17.7 Å². The highest BCUT2D eigenvalue weighted by atomic mass is 16.5. The number of anilines is 3. The van der Waals surface area contributed by atoms with Gasteiger partial charge in [0.2, 0.25) is 5.88 Å². The van der Waals surface area contributed by atoms with E-state index in [1.165, 1.54) is 0 Å². The number of aromatic nitrogens is 4. The Morgan fingerprint density at radius 2 is 1.64 bits per heavy atom. The Morgan fingerprint density at radius 1 is 0.861 bits per heavy atom. The zero-order valence-electron chi connectivity index (χ0n) is 21.6. The van der Waals surface area contributed by atoms with Gasteiger partial charge in [0, 0.05) is 25.0 Å². The number of nitrogens with zero attached hydrogens (tertiary/aromatic N) is 4. The van der Waals surface area contributed by atoms with E-state index in [9.17, 15) is 0 Å². The topological polar surface area (TPSA) is 94.1 Å². The first kappa shape index (κ1) is 24.9. The van der Waals surface area contributed by atoms with Gasteiger partial charge in [-0.3, -0.25) is 0 Å². The van der Waals surface area contributed by atoms with Crippen molar-refractivity contribution in [3.8, 4) is 22.8 Å². The summed E-state index contributed by atoms with van der Waals surface area (Å²) >= 11 is 0. The van der Waals surface area contributed by atoms with E-state index in [4.69, 9.17) is 14.5 Å². The zero-order valence-corrected chi connectivity index (χ0v) is 21.6. The SMILES string of the molecule is COc1ccc(CNc2cc(-c3cc(Nc4ccnc(C)n4)ncc3C)cc(OC(C)(C)C)n2)cc1. The lowest BCUT2D eigenvalue weighted by Gasteiger charge is -2.22. The van der Waals surface area contributed by atoms with Crippen LogP contribution in [0.1, 0.15) is 37.7 Å². The van der Waals surface area contributed by atoms with E-state index in [1.807, 2.05) is 89.3 Å². The minimum Gasteiger partial charge on any atom is -0.497 e. The van der Waals surface area contributed by atoms with Gasteiger partial charge in [0.25, 0.3) is 0 Å². The summed E-state index contributed by atoms with van der Waals surface area (Å²) in [4.78, 5) is 17.8. The number of pyridine rings is 2. The molecule has 3 heterocycles. The molecule has 0 atom stereocenters. The quantitative estimate of drug-likeness (QED) is 0.310. The van der Waals surface area contributed by atoms with Gasteiger partial charge in [0.1, 0.15) is 34.6 Å². The maximum Gasteiger partial charge on any atom is 0.216 e. The molecule has 0 saturated carbocycles. The molecule has 0 aliphatic carbocycles. The third-order valence-electron chi connectivity index (χ3n) is 5.29. The molecule has 1 aromatic carbocycles. The second-order valence-corrected chi connectivity index (χ2v) is 9.49. The maximum atomic E-state index is 6.15. The molecule has 0 saturated heterocycles. The van der Waals surface area contributed by atoms with Crippen LogP contribution < -0.4 is 20.1 Å². The minimum absolute atomic E-state index is 0.385. The van der Waals surface area contributed by atoms with Crippen LogP contribution in [0.4, 0.5) is 17.5 Å². The number of hydrogen-bond acceptors (Lipinski definition) is 8. The Hall–Kier alpha value is -4.20. The van der Waals surface area contributed by atoms with Crippen LogP contribution >= 0.6 is 0 Å². The van der Waals surface area contributed by atoms with E-state index < -0.39 is 0 Å². The number of ether oxygens (including phenoxy) is 2. The number of aryl methyl sites for hydroxylation is 2. The fraction of sp³-hybridized carbons (Fsp3) is 0.286. The average molecular weight is 485 g/mol. The molecule has 3 aromatic heterocycles. The highest BCUT2D eigenvalue weighted by Gasteiger charge is 2.16. The van der Waals surface area contributed by atoms with Crippen LogP contribution in [0.15, 0.2) is 60.9 Å². The summed E-state index contributed by atoms with van der Waals surface area (Å²) in [5.74, 6) is 4.18. The summed E-state index contributed by atoms with van der Waals surface area (Å²) in [5.41, 5.74) is 3.76. The van der Waals surface area contributed by atoms with Gasteiger partial charge in [0.05, 0.1) is 7.11 Å².